The number of nitrogens with zero attached hydrogens (tertiary/aromatic N) is 2. The van der Waals surface area contributed by atoms with Gasteiger partial charge in [0.25, 0.3) is 5.91 Å². The number of carbonyl (C=O) groups is 3. The van der Waals surface area contributed by atoms with Crippen molar-refractivity contribution in [3.05, 3.63) is 59.2 Å². The Hall–Kier alpha value is -3.39. The Bertz CT molecular complexity index is 1020. The molecule has 2 amide bonds. The first-order valence-corrected chi connectivity index (χ1v) is 11.1. The van der Waals surface area contributed by atoms with Gasteiger partial charge in [0.1, 0.15) is 0 Å². The zero-order valence-corrected chi connectivity index (χ0v) is 19.6. The molecule has 0 atom stereocenters. The number of piperazine rings is 1. The maximum atomic E-state index is 12.8. The highest BCUT2D eigenvalue weighted by molar-refractivity contribution is 6.06. The number of hydrogen-bond donors (Lipinski definition) is 3. The first kappa shape index (κ1) is 24.3. The third kappa shape index (κ3) is 6.79. The van der Waals surface area contributed by atoms with Crippen LogP contribution in [-0.2, 0) is 4.79 Å². The minimum atomic E-state index is -1.05. The highest BCUT2D eigenvalue weighted by Crippen LogP contribution is 2.29. The molecule has 0 aromatic heterocycles. The van der Waals surface area contributed by atoms with Crippen molar-refractivity contribution in [2.24, 2.45) is 0 Å². The zero-order chi connectivity index (χ0) is 24.2. The third-order valence-corrected chi connectivity index (χ3v) is 5.40. The fraction of sp³-hybridized carbons (Fsp3) is 0.400. The van der Waals surface area contributed by atoms with Crippen molar-refractivity contribution in [3.63, 3.8) is 0 Å². The Kier molecular flexibility index (Phi) is 7.38. The van der Waals surface area contributed by atoms with E-state index in [4.69, 9.17) is 0 Å². The van der Waals surface area contributed by atoms with E-state index >= 15 is 0 Å². The molecule has 1 heterocycles. The SMILES string of the molecule is Cc1ccc(C(=O)Nc2cc(C(=O)O)ccc2N2CCN(CC(=O)NC(C)(C)C)CC2)cc1. The molecule has 2 aromatic rings. The van der Waals surface area contributed by atoms with Gasteiger partial charge in [-0.3, -0.25) is 14.5 Å². The molecule has 176 valence electrons. The smallest absolute Gasteiger partial charge is 0.335 e. The normalized spacial score (nSPS) is 14.6. The maximum Gasteiger partial charge on any atom is 0.335 e. The van der Waals surface area contributed by atoms with Gasteiger partial charge in [-0.25, -0.2) is 4.79 Å². The van der Waals surface area contributed by atoms with Gasteiger partial charge in [0.05, 0.1) is 23.5 Å². The minimum absolute atomic E-state index is 0.00666. The number of nitrogens with one attached hydrogen (secondary N) is 2. The number of hydrogen-bond acceptors (Lipinski definition) is 5. The summed E-state index contributed by atoms with van der Waals surface area (Å²) < 4.78 is 0. The number of benzene rings is 2. The van der Waals surface area contributed by atoms with Crippen LogP contribution in [0.25, 0.3) is 0 Å². The zero-order valence-electron chi connectivity index (χ0n) is 19.6. The van der Waals surface area contributed by atoms with Crippen LogP contribution in [0.1, 0.15) is 47.1 Å². The molecule has 3 rings (SSSR count). The summed E-state index contributed by atoms with van der Waals surface area (Å²) in [5.74, 6) is -1.36. The van der Waals surface area contributed by atoms with Gasteiger partial charge in [-0.2, -0.15) is 0 Å². The van der Waals surface area contributed by atoms with Gasteiger partial charge in [-0.15, -0.1) is 0 Å². The summed E-state index contributed by atoms with van der Waals surface area (Å²) in [5, 5.41) is 15.3. The molecule has 0 radical (unpaired) electrons. The molecular weight excluding hydrogens is 420 g/mol. The van der Waals surface area contributed by atoms with Crippen LogP contribution in [-0.4, -0.2) is 66.1 Å². The van der Waals surface area contributed by atoms with E-state index in [0.717, 1.165) is 11.3 Å². The van der Waals surface area contributed by atoms with E-state index in [-0.39, 0.29) is 22.9 Å². The summed E-state index contributed by atoms with van der Waals surface area (Å²) in [6, 6.07) is 12.0. The number of aryl methyl sites for hydroxylation is 1. The fourth-order valence-corrected chi connectivity index (χ4v) is 3.75. The number of carboxylic acids is 1. The van der Waals surface area contributed by atoms with Gasteiger partial charge in [0.15, 0.2) is 0 Å². The largest absolute Gasteiger partial charge is 0.478 e. The number of aromatic carboxylic acids is 1. The Morgan fingerprint density at radius 3 is 2.12 bits per heavy atom. The van der Waals surface area contributed by atoms with Crippen molar-refractivity contribution in [3.8, 4) is 0 Å². The summed E-state index contributed by atoms with van der Waals surface area (Å²) in [6.07, 6.45) is 0. The summed E-state index contributed by atoms with van der Waals surface area (Å²) in [6.45, 7) is 10.8. The molecule has 1 fully saturated rings. The first-order valence-electron chi connectivity index (χ1n) is 11.1. The highest BCUT2D eigenvalue weighted by Gasteiger charge is 2.23. The predicted molar refractivity (Wildman–Crippen MR) is 129 cm³/mol. The van der Waals surface area contributed by atoms with Crippen molar-refractivity contribution in [2.75, 3.05) is 42.9 Å². The quantitative estimate of drug-likeness (QED) is 0.623. The van der Waals surface area contributed by atoms with E-state index in [2.05, 4.69) is 20.4 Å². The Balaban J connectivity index is 1.72. The molecule has 1 aliphatic rings. The molecule has 0 bridgehead atoms. The molecule has 8 nitrogen and oxygen atoms in total. The van der Waals surface area contributed by atoms with E-state index < -0.39 is 5.97 Å². The summed E-state index contributed by atoms with van der Waals surface area (Å²) in [5.41, 5.74) is 2.61. The standard InChI is InChI=1S/C25H32N4O4/c1-17-5-7-18(8-6-17)23(31)26-20-15-19(24(32)33)9-10-21(20)29-13-11-28(12-14-29)16-22(30)27-25(2,3)4/h5-10,15H,11-14,16H2,1-4H3,(H,26,31)(H,27,30)(H,32,33). The molecule has 0 saturated carbocycles. The Morgan fingerprint density at radius 1 is 0.939 bits per heavy atom. The average molecular weight is 453 g/mol. The average Bonchev–Trinajstić information content (AvgIpc) is 2.73. The molecule has 3 N–H and O–H groups in total. The molecule has 1 aliphatic heterocycles. The number of carboxylic acid groups (broad SMARTS) is 1. The van der Waals surface area contributed by atoms with Crippen molar-refractivity contribution >= 4 is 29.2 Å². The van der Waals surface area contributed by atoms with E-state index in [1.165, 1.54) is 6.07 Å². The second-order valence-corrected chi connectivity index (χ2v) is 9.42. The van der Waals surface area contributed by atoms with E-state index in [9.17, 15) is 19.5 Å². The van der Waals surface area contributed by atoms with Crippen LogP contribution < -0.4 is 15.5 Å². The van der Waals surface area contributed by atoms with Crippen molar-refractivity contribution in [2.45, 2.75) is 33.2 Å². The topological polar surface area (TPSA) is 102 Å². The van der Waals surface area contributed by atoms with Gasteiger partial charge in [0, 0.05) is 37.3 Å². The van der Waals surface area contributed by atoms with Crippen LogP contribution >= 0.6 is 0 Å². The van der Waals surface area contributed by atoms with Crippen LogP contribution in [0, 0.1) is 6.92 Å². The number of rotatable bonds is 6. The minimum Gasteiger partial charge on any atom is -0.478 e. The summed E-state index contributed by atoms with van der Waals surface area (Å²) in [4.78, 5) is 40.7. The first-order chi connectivity index (χ1) is 15.5. The predicted octanol–water partition coefficient (Wildman–Crippen LogP) is 2.98. The highest BCUT2D eigenvalue weighted by atomic mass is 16.4. The van der Waals surface area contributed by atoms with Crippen LogP contribution in [0.4, 0.5) is 11.4 Å². The third-order valence-electron chi connectivity index (χ3n) is 5.40. The summed E-state index contributed by atoms with van der Waals surface area (Å²) in [7, 11) is 0. The second kappa shape index (κ2) is 10.0. The van der Waals surface area contributed by atoms with Crippen LogP contribution in [0.5, 0.6) is 0 Å². The fourth-order valence-electron chi connectivity index (χ4n) is 3.75. The molecule has 0 spiro atoms. The van der Waals surface area contributed by atoms with Crippen LogP contribution in [0.3, 0.4) is 0 Å². The monoisotopic (exact) mass is 452 g/mol. The van der Waals surface area contributed by atoms with Gasteiger partial charge < -0.3 is 20.6 Å². The van der Waals surface area contributed by atoms with E-state index in [0.29, 0.717) is 44.0 Å². The second-order valence-electron chi connectivity index (χ2n) is 9.42. The van der Waals surface area contributed by atoms with Gasteiger partial charge in [0.2, 0.25) is 5.91 Å². The van der Waals surface area contributed by atoms with E-state index in [1.54, 1.807) is 24.3 Å². The molecule has 2 aromatic carbocycles. The number of anilines is 2. The molecule has 8 heteroatoms. The molecular formula is C25H32N4O4. The van der Waals surface area contributed by atoms with E-state index in [1.807, 2.05) is 39.8 Å². The molecule has 33 heavy (non-hydrogen) atoms. The van der Waals surface area contributed by atoms with Crippen molar-refractivity contribution in [1.29, 1.82) is 0 Å². The lowest BCUT2D eigenvalue weighted by atomic mass is 10.1. The molecule has 0 unspecified atom stereocenters. The Labute approximate surface area is 194 Å². The van der Waals surface area contributed by atoms with Crippen molar-refractivity contribution < 1.29 is 19.5 Å². The lowest BCUT2D eigenvalue weighted by molar-refractivity contribution is -0.123. The summed E-state index contributed by atoms with van der Waals surface area (Å²) >= 11 is 0. The number of carbonyl (C=O) groups excluding carboxylic acids is 2. The lowest BCUT2D eigenvalue weighted by Crippen LogP contribution is -2.51. The van der Waals surface area contributed by atoms with Gasteiger partial charge in [-0.1, -0.05) is 17.7 Å². The number of amides is 2. The lowest BCUT2D eigenvalue weighted by Gasteiger charge is -2.37. The Morgan fingerprint density at radius 2 is 1.55 bits per heavy atom. The van der Waals surface area contributed by atoms with Gasteiger partial charge in [-0.05, 0) is 58.0 Å². The molecule has 1 saturated heterocycles. The van der Waals surface area contributed by atoms with Gasteiger partial charge >= 0.3 is 5.97 Å². The van der Waals surface area contributed by atoms with Crippen molar-refractivity contribution in [1.82, 2.24) is 10.2 Å². The maximum absolute atomic E-state index is 12.8. The van der Waals surface area contributed by atoms with Crippen LogP contribution in [0.15, 0.2) is 42.5 Å². The van der Waals surface area contributed by atoms with Crippen LogP contribution in [0.2, 0.25) is 0 Å². The molecule has 0 aliphatic carbocycles.